The second-order valence-electron chi connectivity index (χ2n) is 11.2. The third-order valence-electron chi connectivity index (χ3n) is 7.98. The maximum Gasteiger partial charge on any atom is 0.261 e. The minimum absolute atomic E-state index is 0.0129. The summed E-state index contributed by atoms with van der Waals surface area (Å²) in [7, 11) is -1.55. The van der Waals surface area contributed by atoms with Gasteiger partial charge in [-0.1, -0.05) is 12.8 Å². The summed E-state index contributed by atoms with van der Waals surface area (Å²) >= 11 is 0. The van der Waals surface area contributed by atoms with Crippen LogP contribution in [0.2, 0.25) is 0 Å². The average Bonchev–Trinajstić information content (AvgIpc) is 3.68. The standard InChI is InChI=1S/C29H41N5O5S/c1-21-17-34(40(36,37)14-6-4-3-5-10-30)13-12-33(21)18-23-15-25-28(39-23)26(19-32(2)29(25)35)24-9-11-31-16-27(24)38-20-22-7-8-22/h9,11,15-16,19,21-22H,3-8,10,12-14,17-18,20,30H2,1-2H3/t21-/m1/s1. The Balaban J connectivity index is 1.31. The number of aryl methyl sites for hydroxylation is 1. The van der Waals surface area contributed by atoms with Crippen LogP contribution in [-0.2, 0) is 23.6 Å². The van der Waals surface area contributed by atoms with E-state index in [0.29, 0.717) is 74.1 Å². The maximum atomic E-state index is 13.1. The number of pyridine rings is 2. The smallest absolute Gasteiger partial charge is 0.261 e. The first-order valence-corrected chi connectivity index (χ1v) is 16.0. The minimum atomic E-state index is -3.29. The molecule has 2 fully saturated rings. The normalized spacial score (nSPS) is 18.9. The molecular formula is C29H41N5O5S. The van der Waals surface area contributed by atoms with Gasteiger partial charge in [0.05, 0.1) is 30.5 Å². The predicted octanol–water partition coefficient (Wildman–Crippen LogP) is 3.34. The van der Waals surface area contributed by atoms with E-state index in [2.05, 4.69) is 9.88 Å². The Labute approximate surface area is 236 Å². The van der Waals surface area contributed by atoms with Crippen LogP contribution in [-0.4, -0.2) is 71.8 Å². The predicted molar refractivity (Wildman–Crippen MR) is 156 cm³/mol. The summed E-state index contributed by atoms with van der Waals surface area (Å²) < 4.78 is 41.5. The van der Waals surface area contributed by atoms with Gasteiger partial charge in [0.15, 0.2) is 0 Å². The van der Waals surface area contributed by atoms with Crippen molar-refractivity contribution in [2.75, 3.05) is 38.5 Å². The van der Waals surface area contributed by atoms with E-state index < -0.39 is 10.0 Å². The fourth-order valence-electron chi connectivity index (χ4n) is 5.34. The molecule has 2 aliphatic rings. The number of ether oxygens (including phenoxy) is 1. The van der Waals surface area contributed by atoms with Gasteiger partial charge in [-0.2, -0.15) is 4.31 Å². The first-order chi connectivity index (χ1) is 19.3. The Morgan fingerprint density at radius 3 is 2.70 bits per heavy atom. The Kier molecular flexibility index (Phi) is 8.94. The zero-order valence-corrected chi connectivity index (χ0v) is 24.4. The van der Waals surface area contributed by atoms with Crippen LogP contribution in [0.5, 0.6) is 5.75 Å². The molecule has 0 bridgehead atoms. The number of sulfonamides is 1. The summed E-state index contributed by atoms with van der Waals surface area (Å²) in [6, 6.07) is 3.73. The Bertz CT molecular complexity index is 1480. The molecule has 3 aromatic rings. The van der Waals surface area contributed by atoms with Crippen molar-refractivity contribution >= 4 is 21.0 Å². The Hall–Kier alpha value is -2.73. The molecule has 4 heterocycles. The van der Waals surface area contributed by atoms with E-state index in [9.17, 15) is 13.2 Å². The van der Waals surface area contributed by atoms with E-state index in [1.54, 1.807) is 34.5 Å². The van der Waals surface area contributed by atoms with Crippen molar-refractivity contribution < 1.29 is 17.6 Å². The van der Waals surface area contributed by atoms with Crippen LogP contribution in [0.3, 0.4) is 0 Å². The molecule has 0 spiro atoms. The minimum Gasteiger partial charge on any atom is -0.491 e. The van der Waals surface area contributed by atoms with Gasteiger partial charge in [-0.05, 0) is 57.2 Å². The van der Waals surface area contributed by atoms with Gasteiger partial charge in [-0.25, -0.2) is 8.42 Å². The molecule has 1 aliphatic carbocycles. The highest BCUT2D eigenvalue weighted by atomic mass is 32.2. The lowest BCUT2D eigenvalue weighted by Gasteiger charge is -2.38. The second kappa shape index (κ2) is 12.4. The van der Waals surface area contributed by atoms with E-state index in [1.165, 1.54) is 12.8 Å². The molecule has 1 saturated heterocycles. The zero-order valence-electron chi connectivity index (χ0n) is 23.5. The summed E-state index contributed by atoms with van der Waals surface area (Å²) in [6.45, 7) is 5.32. The summed E-state index contributed by atoms with van der Waals surface area (Å²) in [6.07, 6.45) is 11.1. The van der Waals surface area contributed by atoms with Gasteiger partial charge in [0.2, 0.25) is 10.0 Å². The van der Waals surface area contributed by atoms with Crippen LogP contribution in [0.4, 0.5) is 0 Å². The van der Waals surface area contributed by atoms with Crippen molar-refractivity contribution in [3.05, 3.63) is 46.8 Å². The molecule has 0 unspecified atom stereocenters. The van der Waals surface area contributed by atoms with Crippen LogP contribution in [0.15, 0.2) is 39.9 Å². The quantitative estimate of drug-likeness (QED) is 0.310. The van der Waals surface area contributed by atoms with E-state index in [1.807, 2.05) is 19.1 Å². The molecule has 3 aromatic heterocycles. The van der Waals surface area contributed by atoms with Gasteiger partial charge in [0, 0.05) is 56.2 Å². The van der Waals surface area contributed by atoms with Crippen molar-refractivity contribution in [3.63, 3.8) is 0 Å². The summed E-state index contributed by atoms with van der Waals surface area (Å²) in [4.78, 5) is 19.5. The second-order valence-corrected chi connectivity index (χ2v) is 13.3. The molecule has 10 nitrogen and oxygen atoms in total. The van der Waals surface area contributed by atoms with Crippen molar-refractivity contribution in [1.29, 1.82) is 0 Å². The van der Waals surface area contributed by atoms with Crippen LogP contribution in [0.25, 0.3) is 22.1 Å². The molecule has 1 saturated carbocycles. The third-order valence-corrected chi connectivity index (χ3v) is 9.91. The number of aromatic nitrogens is 2. The number of fused-ring (bicyclic) bond motifs is 1. The van der Waals surface area contributed by atoms with E-state index in [-0.39, 0.29) is 17.4 Å². The number of hydrogen-bond acceptors (Lipinski definition) is 8. The van der Waals surface area contributed by atoms with Gasteiger partial charge < -0.3 is 19.5 Å². The maximum absolute atomic E-state index is 13.1. The first-order valence-electron chi connectivity index (χ1n) is 14.4. The van der Waals surface area contributed by atoms with Gasteiger partial charge >= 0.3 is 0 Å². The Morgan fingerprint density at radius 1 is 1.15 bits per heavy atom. The number of nitrogens with zero attached hydrogens (tertiary/aromatic N) is 4. The van der Waals surface area contributed by atoms with Gasteiger partial charge in [-0.3, -0.25) is 14.7 Å². The molecule has 0 radical (unpaired) electrons. The number of furan rings is 1. The highest BCUT2D eigenvalue weighted by molar-refractivity contribution is 7.89. The van der Waals surface area contributed by atoms with Gasteiger partial charge in [0.25, 0.3) is 5.56 Å². The fraction of sp³-hybridized carbons (Fsp3) is 0.586. The van der Waals surface area contributed by atoms with E-state index in [0.717, 1.165) is 30.4 Å². The van der Waals surface area contributed by atoms with Crippen molar-refractivity contribution in [3.8, 4) is 16.9 Å². The summed E-state index contributed by atoms with van der Waals surface area (Å²) in [5.41, 5.74) is 7.56. The largest absolute Gasteiger partial charge is 0.491 e. The summed E-state index contributed by atoms with van der Waals surface area (Å²) in [5.74, 6) is 2.14. The molecule has 11 heteroatoms. The third kappa shape index (κ3) is 6.59. The molecule has 0 aromatic carbocycles. The van der Waals surface area contributed by atoms with Gasteiger partial charge in [0.1, 0.15) is 17.1 Å². The van der Waals surface area contributed by atoms with E-state index >= 15 is 0 Å². The SMILES string of the molecule is C[C@@H]1CN(S(=O)(=O)CCCCCCN)CCN1Cc1cc2c(=O)n(C)cc(-c3ccncc3OCC3CC3)c2o1. The van der Waals surface area contributed by atoms with Crippen LogP contribution < -0.4 is 16.0 Å². The number of piperazine rings is 1. The molecule has 1 aliphatic heterocycles. The first kappa shape index (κ1) is 28.8. The highest BCUT2D eigenvalue weighted by Crippen LogP contribution is 2.37. The molecule has 1 atom stereocenters. The van der Waals surface area contributed by atoms with Crippen LogP contribution in [0, 0.1) is 5.92 Å². The molecular weight excluding hydrogens is 530 g/mol. The number of rotatable bonds is 13. The fourth-order valence-corrected chi connectivity index (χ4v) is 6.97. The Morgan fingerprint density at radius 2 is 1.95 bits per heavy atom. The molecule has 218 valence electrons. The number of hydrogen-bond donors (Lipinski definition) is 1. The topological polar surface area (TPSA) is 124 Å². The van der Waals surface area contributed by atoms with Crippen molar-refractivity contribution in [2.45, 2.75) is 58.0 Å². The zero-order chi connectivity index (χ0) is 28.3. The monoisotopic (exact) mass is 571 g/mol. The van der Waals surface area contributed by atoms with Crippen molar-refractivity contribution in [1.82, 2.24) is 18.8 Å². The summed E-state index contributed by atoms with van der Waals surface area (Å²) in [5, 5.41) is 0.517. The lowest BCUT2D eigenvalue weighted by atomic mass is 10.1. The lowest BCUT2D eigenvalue weighted by Crippen LogP contribution is -2.53. The molecule has 40 heavy (non-hydrogen) atoms. The lowest BCUT2D eigenvalue weighted by molar-refractivity contribution is 0.114. The van der Waals surface area contributed by atoms with Crippen molar-refractivity contribution in [2.24, 2.45) is 18.7 Å². The highest BCUT2D eigenvalue weighted by Gasteiger charge is 2.31. The molecule has 5 rings (SSSR count). The van der Waals surface area contributed by atoms with Crippen LogP contribution >= 0.6 is 0 Å². The molecule has 2 N–H and O–H groups in total. The van der Waals surface area contributed by atoms with Crippen LogP contribution in [0.1, 0.15) is 51.2 Å². The van der Waals surface area contributed by atoms with Gasteiger partial charge in [-0.15, -0.1) is 0 Å². The average molecular weight is 572 g/mol. The number of unbranched alkanes of at least 4 members (excludes halogenated alkanes) is 3. The van der Waals surface area contributed by atoms with E-state index in [4.69, 9.17) is 14.9 Å². The number of nitrogens with two attached hydrogens (primary N) is 1. The molecule has 0 amide bonds.